The Bertz CT molecular complexity index is 307. The van der Waals surface area contributed by atoms with Crippen LogP contribution in [0.4, 0.5) is 0 Å². The molecule has 19 heavy (non-hydrogen) atoms. The maximum absolute atomic E-state index is 12.0. The van der Waals surface area contributed by atoms with Crippen molar-refractivity contribution in [2.45, 2.75) is 70.6 Å². The summed E-state index contributed by atoms with van der Waals surface area (Å²) in [6.07, 6.45) is 6.55. The highest BCUT2D eigenvalue weighted by atomic mass is 16.5. The molecule has 0 aromatic heterocycles. The van der Waals surface area contributed by atoms with E-state index in [1.165, 1.54) is 6.42 Å². The summed E-state index contributed by atoms with van der Waals surface area (Å²) in [5, 5.41) is 3.15. The number of ether oxygens (including phenoxy) is 1. The van der Waals surface area contributed by atoms with Crippen LogP contribution in [0.3, 0.4) is 0 Å². The van der Waals surface area contributed by atoms with Crippen LogP contribution < -0.4 is 11.1 Å². The molecular formula is C15H28N2O2. The monoisotopic (exact) mass is 268 g/mol. The largest absolute Gasteiger partial charge is 0.373 e. The SMILES string of the molecule is CC(C)C(CCN)CCC(=O)NC1CC2CCC1O2. The summed E-state index contributed by atoms with van der Waals surface area (Å²) in [6.45, 7) is 5.13. The van der Waals surface area contributed by atoms with Gasteiger partial charge in [0.15, 0.2) is 0 Å². The number of fused-ring (bicyclic) bond motifs is 2. The second-order valence-electron chi connectivity index (χ2n) is 6.40. The van der Waals surface area contributed by atoms with Crippen LogP contribution in [0.15, 0.2) is 0 Å². The van der Waals surface area contributed by atoms with Crippen LogP contribution >= 0.6 is 0 Å². The molecular weight excluding hydrogens is 240 g/mol. The van der Waals surface area contributed by atoms with Gasteiger partial charge in [0.05, 0.1) is 18.2 Å². The van der Waals surface area contributed by atoms with Crippen LogP contribution in [-0.4, -0.2) is 30.7 Å². The van der Waals surface area contributed by atoms with Crippen molar-refractivity contribution in [1.29, 1.82) is 0 Å². The van der Waals surface area contributed by atoms with Crippen LogP contribution in [0.5, 0.6) is 0 Å². The first-order chi connectivity index (χ1) is 9.10. The number of nitrogens with two attached hydrogens (primary N) is 1. The van der Waals surface area contributed by atoms with E-state index < -0.39 is 0 Å². The standard InChI is InChI=1S/C15H28N2O2/c1-10(2)11(7-8-16)3-6-15(18)17-13-9-12-4-5-14(13)19-12/h10-14H,3-9,16H2,1-2H3,(H,17,18). The van der Waals surface area contributed by atoms with Gasteiger partial charge in [0.2, 0.25) is 5.91 Å². The number of hydrogen-bond donors (Lipinski definition) is 2. The summed E-state index contributed by atoms with van der Waals surface area (Å²) in [4.78, 5) is 12.0. The molecule has 1 amide bonds. The molecule has 4 nitrogen and oxygen atoms in total. The van der Waals surface area contributed by atoms with Crippen LogP contribution in [0.25, 0.3) is 0 Å². The van der Waals surface area contributed by atoms with E-state index in [1.54, 1.807) is 0 Å². The van der Waals surface area contributed by atoms with E-state index in [-0.39, 0.29) is 18.1 Å². The second kappa shape index (κ2) is 6.71. The molecule has 4 heteroatoms. The minimum Gasteiger partial charge on any atom is -0.373 e. The molecule has 4 unspecified atom stereocenters. The van der Waals surface area contributed by atoms with Gasteiger partial charge in [-0.15, -0.1) is 0 Å². The van der Waals surface area contributed by atoms with Crippen LogP contribution in [-0.2, 0) is 9.53 Å². The predicted octanol–water partition coefficient (Wildman–Crippen LogP) is 1.82. The Morgan fingerprint density at radius 1 is 1.37 bits per heavy atom. The van der Waals surface area contributed by atoms with Crippen molar-refractivity contribution in [3.63, 3.8) is 0 Å². The van der Waals surface area contributed by atoms with Crippen molar-refractivity contribution in [1.82, 2.24) is 5.32 Å². The Morgan fingerprint density at radius 2 is 2.16 bits per heavy atom. The summed E-state index contributed by atoms with van der Waals surface area (Å²) >= 11 is 0. The third kappa shape index (κ3) is 3.93. The van der Waals surface area contributed by atoms with E-state index in [2.05, 4.69) is 19.2 Å². The van der Waals surface area contributed by atoms with E-state index in [9.17, 15) is 4.79 Å². The fraction of sp³-hybridized carbons (Fsp3) is 0.933. The van der Waals surface area contributed by atoms with Gasteiger partial charge in [-0.25, -0.2) is 0 Å². The molecule has 0 aromatic rings. The molecule has 3 N–H and O–H groups in total. The van der Waals surface area contributed by atoms with Gasteiger partial charge in [-0.1, -0.05) is 13.8 Å². The lowest BCUT2D eigenvalue weighted by Crippen LogP contribution is -2.41. The van der Waals surface area contributed by atoms with Gasteiger partial charge >= 0.3 is 0 Å². The van der Waals surface area contributed by atoms with Crippen molar-refractivity contribution in [2.75, 3.05) is 6.54 Å². The van der Waals surface area contributed by atoms with Crippen molar-refractivity contribution >= 4 is 5.91 Å². The molecule has 2 rings (SSSR count). The molecule has 2 saturated heterocycles. The van der Waals surface area contributed by atoms with E-state index in [4.69, 9.17) is 10.5 Å². The first kappa shape index (κ1) is 14.8. The Morgan fingerprint density at radius 3 is 2.68 bits per heavy atom. The lowest BCUT2D eigenvalue weighted by Gasteiger charge is -2.22. The molecule has 2 aliphatic heterocycles. The zero-order chi connectivity index (χ0) is 13.8. The minimum atomic E-state index is 0.184. The first-order valence-corrected chi connectivity index (χ1v) is 7.75. The Labute approximate surface area is 116 Å². The highest BCUT2D eigenvalue weighted by Gasteiger charge is 2.41. The van der Waals surface area contributed by atoms with Crippen LogP contribution in [0.2, 0.25) is 0 Å². The number of amides is 1. The first-order valence-electron chi connectivity index (χ1n) is 7.75. The summed E-state index contributed by atoms with van der Waals surface area (Å²) in [7, 11) is 0. The van der Waals surface area contributed by atoms with E-state index in [0.29, 0.717) is 30.9 Å². The number of hydrogen-bond acceptors (Lipinski definition) is 3. The van der Waals surface area contributed by atoms with Crippen LogP contribution in [0.1, 0.15) is 52.4 Å². The summed E-state index contributed by atoms with van der Waals surface area (Å²) in [5.41, 5.74) is 5.63. The third-order valence-electron chi connectivity index (χ3n) is 4.67. The third-order valence-corrected chi connectivity index (χ3v) is 4.67. The average molecular weight is 268 g/mol. The van der Waals surface area contributed by atoms with Gasteiger partial charge in [0.1, 0.15) is 0 Å². The van der Waals surface area contributed by atoms with Crippen molar-refractivity contribution in [3.8, 4) is 0 Å². The van der Waals surface area contributed by atoms with Crippen molar-refractivity contribution in [2.24, 2.45) is 17.6 Å². The molecule has 2 fully saturated rings. The number of carbonyl (C=O) groups excluding carboxylic acids is 1. The molecule has 0 saturated carbocycles. The maximum Gasteiger partial charge on any atom is 0.220 e. The topological polar surface area (TPSA) is 64.4 Å². The Kier molecular flexibility index (Phi) is 5.22. The molecule has 110 valence electrons. The lowest BCUT2D eigenvalue weighted by atomic mass is 9.88. The fourth-order valence-electron chi connectivity index (χ4n) is 3.41. The minimum absolute atomic E-state index is 0.184. The van der Waals surface area contributed by atoms with E-state index >= 15 is 0 Å². The van der Waals surface area contributed by atoms with Gasteiger partial charge in [-0.05, 0) is 50.5 Å². The van der Waals surface area contributed by atoms with Crippen molar-refractivity contribution < 1.29 is 9.53 Å². The molecule has 0 aliphatic carbocycles. The summed E-state index contributed by atoms with van der Waals surface area (Å²) in [6, 6.07) is 0.262. The van der Waals surface area contributed by atoms with Crippen LogP contribution in [0, 0.1) is 11.8 Å². The Hall–Kier alpha value is -0.610. The van der Waals surface area contributed by atoms with Gasteiger partial charge in [-0.3, -0.25) is 4.79 Å². The second-order valence-corrected chi connectivity index (χ2v) is 6.40. The quantitative estimate of drug-likeness (QED) is 0.740. The molecule has 0 radical (unpaired) electrons. The fourth-order valence-corrected chi connectivity index (χ4v) is 3.41. The molecule has 2 heterocycles. The molecule has 4 atom stereocenters. The zero-order valence-electron chi connectivity index (χ0n) is 12.2. The smallest absolute Gasteiger partial charge is 0.220 e. The normalized spacial score (nSPS) is 30.8. The summed E-state index contributed by atoms with van der Waals surface area (Å²) < 4.78 is 5.76. The Balaban J connectivity index is 1.69. The van der Waals surface area contributed by atoms with Gasteiger partial charge in [0.25, 0.3) is 0 Å². The number of carbonyl (C=O) groups is 1. The summed E-state index contributed by atoms with van der Waals surface area (Å²) in [5.74, 6) is 1.35. The van der Waals surface area contributed by atoms with E-state index in [1.807, 2.05) is 0 Å². The maximum atomic E-state index is 12.0. The molecule has 2 bridgehead atoms. The highest BCUT2D eigenvalue weighted by Crippen LogP contribution is 2.34. The highest BCUT2D eigenvalue weighted by molar-refractivity contribution is 5.76. The lowest BCUT2D eigenvalue weighted by molar-refractivity contribution is -0.122. The van der Waals surface area contributed by atoms with Crippen molar-refractivity contribution in [3.05, 3.63) is 0 Å². The van der Waals surface area contributed by atoms with E-state index in [0.717, 1.165) is 25.7 Å². The number of nitrogens with one attached hydrogen (secondary N) is 1. The molecule has 0 spiro atoms. The predicted molar refractivity (Wildman–Crippen MR) is 75.7 cm³/mol. The number of rotatable bonds is 7. The molecule has 0 aromatic carbocycles. The van der Waals surface area contributed by atoms with Gasteiger partial charge in [0, 0.05) is 6.42 Å². The van der Waals surface area contributed by atoms with Gasteiger partial charge < -0.3 is 15.8 Å². The van der Waals surface area contributed by atoms with Gasteiger partial charge in [-0.2, -0.15) is 0 Å². The molecule has 2 aliphatic rings. The zero-order valence-corrected chi connectivity index (χ0v) is 12.2. The average Bonchev–Trinajstić information content (AvgIpc) is 2.96.